The number of nitrogens with one attached hydrogen (secondary N) is 1. The van der Waals surface area contributed by atoms with E-state index < -0.39 is 17.6 Å². The largest absolute Gasteiger partial charge is 0.327 e. The van der Waals surface area contributed by atoms with Gasteiger partial charge < -0.3 is 10.2 Å². The third-order valence-electron chi connectivity index (χ3n) is 4.42. The maximum Gasteiger partial charge on any atom is 0.313 e. The maximum atomic E-state index is 13.2. The molecule has 5 heteroatoms. The Kier molecular flexibility index (Phi) is 4.83. The average molecular weight is 340 g/mol. The van der Waals surface area contributed by atoms with Crippen molar-refractivity contribution in [3.05, 3.63) is 65.0 Å². The molecule has 0 radical (unpaired) electrons. The van der Waals surface area contributed by atoms with Gasteiger partial charge in [0.05, 0.1) is 6.04 Å². The molecule has 3 rings (SSSR count). The van der Waals surface area contributed by atoms with Crippen molar-refractivity contribution in [1.29, 1.82) is 0 Å². The Balaban J connectivity index is 1.77. The van der Waals surface area contributed by atoms with Crippen LogP contribution in [0.25, 0.3) is 0 Å². The second-order valence-corrected chi connectivity index (χ2v) is 6.54. The normalized spacial score (nSPS) is 16.8. The molecular weight excluding hydrogens is 319 g/mol. The van der Waals surface area contributed by atoms with Crippen LogP contribution in [0, 0.1) is 19.7 Å². The summed E-state index contributed by atoms with van der Waals surface area (Å²) in [6, 6.07) is 11.6. The van der Waals surface area contributed by atoms with Crippen LogP contribution in [0.1, 0.15) is 35.6 Å². The van der Waals surface area contributed by atoms with Gasteiger partial charge in [0, 0.05) is 12.2 Å². The standard InChI is InChI=1S/C20H21FN2O2/c1-13-9-14(2)11-15(10-13)18-7-4-8-23(18)20(25)19(24)22-17-6-3-5-16(21)12-17/h3,5-6,9-12,18H,4,7-8H2,1-2H3,(H,22,24). The van der Waals surface area contributed by atoms with Gasteiger partial charge in [0.15, 0.2) is 0 Å². The van der Waals surface area contributed by atoms with E-state index in [9.17, 15) is 14.0 Å². The minimum Gasteiger partial charge on any atom is -0.327 e. The van der Waals surface area contributed by atoms with Crippen LogP contribution in [0.5, 0.6) is 0 Å². The summed E-state index contributed by atoms with van der Waals surface area (Å²) < 4.78 is 13.2. The SMILES string of the molecule is Cc1cc(C)cc(C2CCCN2C(=O)C(=O)Nc2cccc(F)c2)c1. The summed E-state index contributed by atoms with van der Waals surface area (Å²) >= 11 is 0. The lowest BCUT2D eigenvalue weighted by Crippen LogP contribution is -2.39. The van der Waals surface area contributed by atoms with Crippen LogP contribution in [0.2, 0.25) is 0 Å². The average Bonchev–Trinajstić information content (AvgIpc) is 3.02. The first-order chi connectivity index (χ1) is 11.9. The van der Waals surface area contributed by atoms with E-state index >= 15 is 0 Å². The van der Waals surface area contributed by atoms with E-state index in [0.29, 0.717) is 6.54 Å². The highest BCUT2D eigenvalue weighted by Crippen LogP contribution is 2.33. The number of rotatable bonds is 2. The number of carbonyl (C=O) groups excluding carboxylic acids is 2. The molecule has 0 saturated carbocycles. The van der Waals surface area contributed by atoms with E-state index in [1.54, 1.807) is 11.0 Å². The fraction of sp³-hybridized carbons (Fsp3) is 0.300. The number of carbonyl (C=O) groups is 2. The van der Waals surface area contributed by atoms with Gasteiger partial charge in [-0.2, -0.15) is 0 Å². The molecule has 25 heavy (non-hydrogen) atoms. The Hall–Kier alpha value is -2.69. The first-order valence-electron chi connectivity index (χ1n) is 8.40. The van der Waals surface area contributed by atoms with Gasteiger partial charge in [-0.25, -0.2) is 4.39 Å². The minimum atomic E-state index is -0.734. The highest BCUT2D eigenvalue weighted by molar-refractivity contribution is 6.39. The molecule has 1 fully saturated rings. The van der Waals surface area contributed by atoms with Crippen molar-refractivity contribution in [1.82, 2.24) is 4.90 Å². The number of halogens is 1. The number of aryl methyl sites for hydroxylation is 2. The van der Waals surface area contributed by atoms with Crippen molar-refractivity contribution in [2.24, 2.45) is 0 Å². The molecule has 0 aliphatic carbocycles. The minimum absolute atomic E-state index is 0.0932. The number of benzene rings is 2. The molecule has 1 aliphatic rings. The summed E-state index contributed by atoms with van der Waals surface area (Å²) in [7, 11) is 0. The molecule has 1 unspecified atom stereocenters. The lowest BCUT2D eigenvalue weighted by Gasteiger charge is -2.25. The number of hydrogen-bond acceptors (Lipinski definition) is 2. The predicted molar refractivity (Wildman–Crippen MR) is 94.6 cm³/mol. The monoisotopic (exact) mass is 340 g/mol. The van der Waals surface area contributed by atoms with Gasteiger partial charge in [-0.05, 0) is 50.5 Å². The molecule has 1 heterocycles. The van der Waals surface area contributed by atoms with E-state index in [1.165, 1.54) is 18.2 Å². The van der Waals surface area contributed by atoms with Crippen LogP contribution in [-0.4, -0.2) is 23.3 Å². The molecule has 130 valence electrons. The highest BCUT2D eigenvalue weighted by atomic mass is 19.1. The van der Waals surface area contributed by atoms with Crippen LogP contribution in [0.3, 0.4) is 0 Å². The molecule has 1 atom stereocenters. The molecule has 0 bridgehead atoms. The summed E-state index contributed by atoms with van der Waals surface area (Å²) in [5.74, 6) is -1.77. The molecule has 2 aromatic carbocycles. The number of likely N-dealkylation sites (tertiary alicyclic amines) is 1. The van der Waals surface area contributed by atoms with E-state index in [-0.39, 0.29) is 11.7 Å². The van der Waals surface area contributed by atoms with Crippen molar-refractivity contribution in [2.75, 3.05) is 11.9 Å². The van der Waals surface area contributed by atoms with Crippen molar-refractivity contribution in [3.8, 4) is 0 Å². The molecule has 1 aliphatic heterocycles. The van der Waals surface area contributed by atoms with Crippen LogP contribution in [0.4, 0.5) is 10.1 Å². The number of anilines is 1. The smallest absolute Gasteiger partial charge is 0.313 e. The molecule has 0 spiro atoms. The quantitative estimate of drug-likeness (QED) is 0.847. The number of nitrogens with zero attached hydrogens (tertiary/aromatic N) is 1. The lowest BCUT2D eigenvalue weighted by atomic mass is 9.99. The fourth-order valence-electron chi connectivity index (χ4n) is 3.44. The van der Waals surface area contributed by atoms with Crippen LogP contribution >= 0.6 is 0 Å². The Morgan fingerprint density at radius 1 is 1.12 bits per heavy atom. The van der Waals surface area contributed by atoms with Gasteiger partial charge in [-0.3, -0.25) is 9.59 Å². The first-order valence-corrected chi connectivity index (χ1v) is 8.40. The van der Waals surface area contributed by atoms with E-state index in [4.69, 9.17) is 0 Å². The number of amides is 2. The Morgan fingerprint density at radius 2 is 1.84 bits per heavy atom. The van der Waals surface area contributed by atoms with E-state index in [1.807, 2.05) is 13.8 Å². The molecule has 1 saturated heterocycles. The van der Waals surface area contributed by atoms with Crippen LogP contribution in [-0.2, 0) is 9.59 Å². The number of hydrogen-bond donors (Lipinski definition) is 1. The highest BCUT2D eigenvalue weighted by Gasteiger charge is 2.33. The van der Waals surface area contributed by atoms with Crippen molar-refractivity contribution >= 4 is 17.5 Å². The Bertz CT molecular complexity index is 799. The molecule has 0 aromatic heterocycles. The van der Waals surface area contributed by atoms with E-state index in [0.717, 1.165) is 29.5 Å². The summed E-state index contributed by atoms with van der Waals surface area (Å²) in [5.41, 5.74) is 3.61. The third kappa shape index (κ3) is 3.87. The molecule has 2 aromatic rings. The Labute approximate surface area is 146 Å². The zero-order valence-corrected chi connectivity index (χ0v) is 14.4. The zero-order chi connectivity index (χ0) is 18.0. The topological polar surface area (TPSA) is 49.4 Å². The van der Waals surface area contributed by atoms with Crippen LogP contribution in [0.15, 0.2) is 42.5 Å². The van der Waals surface area contributed by atoms with Gasteiger partial charge in [-0.15, -0.1) is 0 Å². The summed E-state index contributed by atoms with van der Waals surface area (Å²) in [6.07, 6.45) is 1.69. The summed E-state index contributed by atoms with van der Waals surface area (Å²) in [5, 5.41) is 2.48. The zero-order valence-electron chi connectivity index (χ0n) is 14.4. The second kappa shape index (κ2) is 7.05. The second-order valence-electron chi connectivity index (χ2n) is 6.54. The van der Waals surface area contributed by atoms with Gasteiger partial charge in [0.1, 0.15) is 5.82 Å². The lowest BCUT2D eigenvalue weighted by molar-refractivity contribution is -0.143. The third-order valence-corrected chi connectivity index (χ3v) is 4.42. The van der Waals surface area contributed by atoms with Crippen molar-refractivity contribution in [3.63, 3.8) is 0 Å². The van der Waals surface area contributed by atoms with Gasteiger partial charge >= 0.3 is 11.8 Å². The first kappa shape index (κ1) is 17.1. The van der Waals surface area contributed by atoms with Crippen molar-refractivity contribution in [2.45, 2.75) is 32.7 Å². The van der Waals surface area contributed by atoms with Gasteiger partial charge in [0.25, 0.3) is 0 Å². The van der Waals surface area contributed by atoms with Gasteiger partial charge in [-0.1, -0.05) is 35.4 Å². The van der Waals surface area contributed by atoms with Crippen LogP contribution < -0.4 is 5.32 Å². The summed E-state index contributed by atoms with van der Waals surface area (Å²) in [6.45, 7) is 4.59. The molecule has 1 N–H and O–H groups in total. The fourth-order valence-corrected chi connectivity index (χ4v) is 3.44. The molecule has 2 amide bonds. The maximum absolute atomic E-state index is 13.2. The molecule has 4 nitrogen and oxygen atoms in total. The predicted octanol–water partition coefficient (Wildman–Crippen LogP) is 3.74. The Morgan fingerprint density at radius 3 is 2.52 bits per heavy atom. The van der Waals surface area contributed by atoms with E-state index in [2.05, 4.69) is 23.5 Å². The molecular formula is C20H21FN2O2. The van der Waals surface area contributed by atoms with Crippen molar-refractivity contribution < 1.29 is 14.0 Å². The van der Waals surface area contributed by atoms with Gasteiger partial charge in [0.2, 0.25) is 0 Å². The summed E-state index contributed by atoms with van der Waals surface area (Å²) in [4.78, 5) is 26.5.